The zero-order valence-corrected chi connectivity index (χ0v) is 17.0. The highest BCUT2D eigenvalue weighted by molar-refractivity contribution is 7.89. The molecular weight excluding hydrogens is 384 g/mol. The Morgan fingerprint density at radius 3 is 2.70 bits per heavy atom. The van der Waals surface area contributed by atoms with Gasteiger partial charge < -0.3 is 10.6 Å². The zero-order valence-electron chi connectivity index (χ0n) is 15.4. The number of nitrogens with one attached hydrogen (secondary N) is 3. The second-order valence-corrected chi connectivity index (χ2v) is 9.37. The third-order valence-corrected chi connectivity index (χ3v) is 7.14. The fourth-order valence-corrected chi connectivity index (χ4v) is 5.14. The molecule has 7 nitrogen and oxygen atoms in total. The van der Waals surface area contributed by atoms with Gasteiger partial charge in [-0.1, -0.05) is 0 Å². The van der Waals surface area contributed by atoms with Gasteiger partial charge >= 0.3 is 0 Å². The Balaban J connectivity index is 1.70. The lowest BCUT2D eigenvalue weighted by atomic mass is 9.92. The van der Waals surface area contributed by atoms with Crippen molar-refractivity contribution in [3.8, 4) is 0 Å². The molecule has 1 atom stereocenters. The van der Waals surface area contributed by atoms with E-state index in [4.69, 9.17) is 0 Å². The molecule has 1 aromatic carbocycles. The molecule has 1 unspecified atom stereocenters. The molecule has 0 saturated carbocycles. The highest BCUT2D eigenvalue weighted by Crippen LogP contribution is 2.23. The van der Waals surface area contributed by atoms with Crippen molar-refractivity contribution in [2.75, 3.05) is 18.4 Å². The summed E-state index contributed by atoms with van der Waals surface area (Å²) in [7, 11) is -3.61. The average molecular weight is 409 g/mol. The number of thiazole rings is 1. The Bertz CT molecular complexity index is 891. The molecule has 1 aromatic heterocycles. The molecule has 2 aromatic rings. The third-order valence-electron chi connectivity index (χ3n) is 4.81. The quantitative estimate of drug-likeness (QED) is 0.681. The number of anilines is 1. The van der Waals surface area contributed by atoms with Crippen LogP contribution >= 0.6 is 11.3 Å². The molecule has 1 aliphatic heterocycles. The summed E-state index contributed by atoms with van der Waals surface area (Å²) in [5, 5.41) is 8.15. The maximum atomic E-state index is 12.7. The predicted molar refractivity (Wildman–Crippen MR) is 107 cm³/mol. The van der Waals surface area contributed by atoms with E-state index < -0.39 is 10.0 Å². The number of amides is 1. The molecule has 3 N–H and O–H groups in total. The predicted octanol–water partition coefficient (Wildman–Crippen LogP) is 2.37. The molecule has 1 saturated heterocycles. The first-order valence-corrected chi connectivity index (χ1v) is 11.3. The summed E-state index contributed by atoms with van der Waals surface area (Å²) in [5.74, 6) is 0.0281. The normalized spacial score (nSPS) is 16.8. The number of benzene rings is 1. The lowest BCUT2D eigenvalue weighted by molar-refractivity contribution is 0.102. The highest BCUT2D eigenvalue weighted by atomic mass is 32.2. The zero-order chi connectivity index (χ0) is 19.4. The van der Waals surface area contributed by atoms with Gasteiger partial charge in [-0.25, -0.2) is 18.1 Å². The first-order chi connectivity index (χ1) is 12.9. The molecule has 0 bridgehead atoms. The van der Waals surface area contributed by atoms with Gasteiger partial charge in [-0.2, -0.15) is 0 Å². The van der Waals surface area contributed by atoms with Gasteiger partial charge in [-0.15, -0.1) is 11.3 Å². The number of carbonyl (C=O) groups excluding carboxylic acids is 1. The van der Waals surface area contributed by atoms with Crippen LogP contribution in [0.5, 0.6) is 0 Å². The van der Waals surface area contributed by atoms with E-state index in [1.165, 1.54) is 17.4 Å². The summed E-state index contributed by atoms with van der Waals surface area (Å²) in [6, 6.07) is 4.59. The van der Waals surface area contributed by atoms with Crippen molar-refractivity contribution >= 4 is 33.0 Å². The molecule has 0 radical (unpaired) electrons. The third kappa shape index (κ3) is 4.92. The Hall–Kier alpha value is -1.81. The monoisotopic (exact) mass is 408 g/mol. The van der Waals surface area contributed by atoms with Gasteiger partial charge in [-0.05, 0) is 69.5 Å². The average Bonchev–Trinajstić information content (AvgIpc) is 3.18. The Kier molecular flexibility index (Phi) is 6.25. The molecule has 9 heteroatoms. The Morgan fingerprint density at radius 1 is 1.33 bits per heavy atom. The maximum Gasteiger partial charge on any atom is 0.284 e. The molecule has 2 heterocycles. The van der Waals surface area contributed by atoms with E-state index in [1.54, 1.807) is 30.6 Å². The summed E-state index contributed by atoms with van der Waals surface area (Å²) in [4.78, 5) is 16.3. The summed E-state index contributed by atoms with van der Waals surface area (Å²) >= 11 is 1.25. The van der Waals surface area contributed by atoms with Gasteiger partial charge in [0.15, 0.2) is 5.01 Å². The number of hydrogen-bond acceptors (Lipinski definition) is 6. The second-order valence-electron chi connectivity index (χ2n) is 6.77. The van der Waals surface area contributed by atoms with Crippen LogP contribution in [0.3, 0.4) is 0 Å². The number of aryl methyl sites for hydroxylation is 1. The number of sulfonamides is 1. The number of hydrogen-bond donors (Lipinski definition) is 3. The van der Waals surface area contributed by atoms with Crippen molar-refractivity contribution < 1.29 is 13.2 Å². The van der Waals surface area contributed by atoms with Gasteiger partial charge in [0.2, 0.25) is 10.0 Å². The minimum atomic E-state index is -3.61. The minimum Gasteiger partial charge on any atom is -0.320 e. The minimum absolute atomic E-state index is 0.123. The fraction of sp³-hybridized carbons (Fsp3) is 0.444. The van der Waals surface area contributed by atoms with E-state index in [0.29, 0.717) is 22.2 Å². The fourth-order valence-electron chi connectivity index (χ4n) is 3.21. The van der Waals surface area contributed by atoms with Crippen LogP contribution in [0.25, 0.3) is 0 Å². The second kappa shape index (κ2) is 8.47. The van der Waals surface area contributed by atoms with Crippen molar-refractivity contribution in [1.29, 1.82) is 0 Å². The smallest absolute Gasteiger partial charge is 0.284 e. The molecule has 27 heavy (non-hydrogen) atoms. The van der Waals surface area contributed by atoms with Crippen LogP contribution in [0, 0.1) is 12.8 Å². The van der Waals surface area contributed by atoms with E-state index in [1.807, 2.05) is 6.92 Å². The van der Waals surface area contributed by atoms with Crippen molar-refractivity contribution in [2.45, 2.75) is 37.6 Å². The molecule has 0 spiro atoms. The first-order valence-electron chi connectivity index (χ1n) is 8.91. The van der Waals surface area contributed by atoms with Crippen LogP contribution < -0.4 is 15.4 Å². The summed E-state index contributed by atoms with van der Waals surface area (Å²) < 4.78 is 28.3. The number of nitrogens with zero attached hydrogens (tertiary/aromatic N) is 1. The van der Waals surface area contributed by atoms with E-state index in [9.17, 15) is 13.2 Å². The standard InChI is InChI=1S/C18H24N4O3S2/c1-12-11-15(3-4-16(12)21-17(23)18-20-9-10-26-18)27(24,25)22-13(2)14-5-7-19-8-6-14/h3-4,9-11,13-14,19,22H,5-8H2,1-2H3,(H,21,23). The van der Waals surface area contributed by atoms with Crippen molar-refractivity contribution in [1.82, 2.24) is 15.0 Å². The van der Waals surface area contributed by atoms with Crippen molar-refractivity contribution in [3.05, 3.63) is 40.3 Å². The lowest BCUT2D eigenvalue weighted by Gasteiger charge is -2.28. The van der Waals surface area contributed by atoms with Crippen LogP contribution in [0.2, 0.25) is 0 Å². The SMILES string of the molecule is Cc1cc(S(=O)(=O)NC(C)C2CCNCC2)ccc1NC(=O)c1nccs1. The largest absolute Gasteiger partial charge is 0.320 e. The van der Waals surface area contributed by atoms with Crippen molar-refractivity contribution in [3.63, 3.8) is 0 Å². The molecular formula is C18H24N4O3S2. The highest BCUT2D eigenvalue weighted by Gasteiger charge is 2.25. The molecule has 1 amide bonds. The van der Waals surface area contributed by atoms with Crippen LogP contribution in [0.4, 0.5) is 5.69 Å². The van der Waals surface area contributed by atoms with E-state index in [2.05, 4.69) is 20.3 Å². The van der Waals surface area contributed by atoms with Gasteiger partial charge in [0, 0.05) is 23.3 Å². The van der Waals surface area contributed by atoms with Crippen LogP contribution in [0.15, 0.2) is 34.7 Å². The number of rotatable bonds is 6. The maximum absolute atomic E-state index is 12.7. The van der Waals surface area contributed by atoms with Crippen molar-refractivity contribution in [2.24, 2.45) is 5.92 Å². The van der Waals surface area contributed by atoms with Gasteiger partial charge in [0.05, 0.1) is 4.90 Å². The molecule has 1 fully saturated rings. The van der Waals surface area contributed by atoms with Gasteiger partial charge in [-0.3, -0.25) is 4.79 Å². The van der Waals surface area contributed by atoms with Crippen LogP contribution in [-0.2, 0) is 10.0 Å². The number of carbonyl (C=O) groups is 1. The summed E-state index contributed by atoms with van der Waals surface area (Å²) in [6.07, 6.45) is 3.49. The number of aromatic nitrogens is 1. The van der Waals surface area contributed by atoms with Gasteiger partial charge in [0.25, 0.3) is 5.91 Å². The molecule has 0 aliphatic carbocycles. The van der Waals surface area contributed by atoms with E-state index >= 15 is 0 Å². The van der Waals surface area contributed by atoms with Crippen LogP contribution in [-0.4, -0.2) is 38.4 Å². The van der Waals surface area contributed by atoms with Gasteiger partial charge in [0.1, 0.15) is 0 Å². The Morgan fingerprint density at radius 2 is 2.07 bits per heavy atom. The summed E-state index contributed by atoms with van der Waals surface area (Å²) in [5.41, 5.74) is 1.25. The Labute approximate surface area is 163 Å². The number of piperidine rings is 1. The first kappa shape index (κ1) is 19.9. The molecule has 1 aliphatic rings. The van der Waals surface area contributed by atoms with E-state index in [-0.39, 0.29) is 16.8 Å². The van der Waals surface area contributed by atoms with E-state index in [0.717, 1.165) is 25.9 Å². The molecule has 146 valence electrons. The van der Waals surface area contributed by atoms with Crippen LogP contribution in [0.1, 0.15) is 35.1 Å². The topological polar surface area (TPSA) is 100 Å². The molecule has 3 rings (SSSR count). The lowest BCUT2D eigenvalue weighted by Crippen LogP contribution is -2.42. The summed E-state index contributed by atoms with van der Waals surface area (Å²) in [6.45, 7) is 5.53.